The van der Waals surface area contributed by atoms with Crippen molar-refractivity contribution in [2.75, 3.05) is 26.0 Å². The lowest BCUT2D eigenvalue weighted by atomic mass is 9.58. The number of fused-ring (bicyclic) bond motifs is 3. The number of rotatable bonds is 5. The summed E-state index contributed by atoms with van der Waals surface area (Å²) >= 11 is 0. The third-order valence-corrected chi connectivity index (χ3v) is 8.62. The molecule has 0 spiro atoms. The molecule has 10 heteroatoms. The number of nitrogens with zero attached hydrogens (tertiary/aromatic N) is 1. The van der Waals surface area contributed by atoms with Gasteiger partial charge in [-0.2, -0.15) is 0 Å². The standard InChI is InChI=1S/C32H37N3O7/c1-31(2,3)14-34-17-8-6-15(7-9-17)18-10-11-21(36)23-19(18)12-16-13-20-25(35(4)5)27(38)24(30(33)41)29(40)32(20,42)28(39)22(16)26(23)37/h6-11,16,20,25,34,36,38-39,42H,12-14H2,1-5H3,(H2,33,41)/t16-,20+,25?,32-/m0/s1. The normalized spacial score (nSPS) is 25.7. The zero-order valence-electron chi connectivity index (χ0n) is 24.4. The molecule has 42 heavy (non-hydrogen) atoms. The second-order valence-corrected chi connectivity index (χ2v) is 12.9. The number of hydrogen-bond acceptors (Lipinski definition) is 9. The van der Waals surface area contributed by atoms with E-state index in [1.165, 1.54) is 11.0 Å². The Morgan fingerprint density at radius 1 is 1.07 bits per heavy atom. The van der Waals surface area contributed by atoms with E-state index in [2.05, 4.69) is 26.1 Å². The largest absolute Gasteiger partial charge is 0.510 e. The molecule has 4 atom stereocenters. The van der Waals surface area contributed by atoms with Crippen LogP contribution in [-0.4, -0.2) is 75.1 Å². The number of primary amides is 1. The molecule has 1 unspecified atom stereocenters. The number of aliphatic hydroxyl groups excluding tert-OH is 2. The number of Topliss-reactive ketones (excluding diaryl/α,β-unsaturated/α-hetero) is 2. The first-order valence-electron chi connectivity index (χ1n) is 13.9. The first-order chi connectivity index (χ1) is 19.6. The van der Waals surface area contributed by atoms with E-state index in [0.717, 1.165) is 23.4 Å². The van der Waals surface area contributed by atoms with Crippen molar-refractivity contribution in [2.45, 2.75) is 45.3 Å². The van der Waals surface area contributed by atoms with Gasteiger partial charge in [0.2, 0.25) is 5.78 Å². The van der Waals surface area contributed by atoms with Crippen LogP contribution in [0, 0.1) is 17.3 Å². The van der Waals surface area contributed by atoms with Crippen LogP contribution in [-0.2, 0) is 16.0 Å². The fourth-order valence-electron chi connectivity index (χ4n) is 6.66. The lowest BCUT2D eigenvalue weighted by molar-refractivity contribution is -0.148. The molecule has 5 rings (SSSR count). The molecule has 0 fully saturated rings. The average molecular weight is 576 g/mol. The lowest BCUT2D eigenvalue weighted by Crippen LogP contribution is -2.63. The molecule has 3 aliphatic rings. The van der Waals surface area contributed by atoms with Crippen molar-refractivity contribution in [3.8, 4) is 16.9 Å². The third kappa shape index (κ3) is 4.46. The number of benzene rings is 2. The van der Waals surface area contributed by atoms with E-state index >= 15 is 0 Å². The van der Waals surface area contributed by atoms with E-state index in [-0.39, 0.29) is 35.1 Å². The van der Waals surface area contributed by atoms with Crippen LogP contribution in [0.4, 0.5) is 5.69 Å². The quantitative estimate of drug-likeness (QED) is 0.293. The number of aliphatic hydroxyl groups is 3. The monoisotopic (exact) mass is 575 g/mol. The van der Waals surface area contributed by atoms with Gasteiger partial charge in [0, 0.05) is 23.7 Å². The highest BCUT2D eigenvalue weighted by molar-refractivity contribution is 6.24. The number of hydrogen-bond donors (Lipinski definition) is 6. The van der Waals surface area contributed by atoms with Gasteiger partial charge in [0.25, 0.3) is 5.91 Å². The van der Waals surface area contributed by atoms with E-state index in [1.807, 2.05) is 24.3 Å². The minimum absolute atomic E-state index is 0.0109. The molecule has 0 bridgehead atoms. The van der Waals surface area contributed by atoms with Gasteiger partial charge in [-0.25, -0.2) is 0 Å². The molecule has 0 aromatic heterocycles. The predicted octanol–water partition coefficient (Wildman–Crippen LogP) is 3.25. The highest BCUT2D eigenvalue weighted by atomic mass is 16.3. The Balaban J connectivity index is 1.61. The Labute approximate surface area is 244 Å². The number of nitrogens with two attached hydrogens (primary N) is 1. The number of aromatic hydroxyl groups is 1. The molecule has 2 aromatic carbocycles. The van der Waals surface area contributed by atoms with Crippen molar-refractivity contribution in [1.29, 1.82) is 0 Å². The summed E-state index contributed by atoms with van der Waals surface area (Å²) in [5.74, 6) is -6.67. The molecular formula is C32H37N3O7. The van der Waals surface area contributed by atoms with E-state index < -0.39 is 58.0 Å². The fourth-order valence-corrected chi connectivity index (χ4v) is 6.66. The summed E-state index contributed by atoms with van der Waals surface area (Å²) in [5, 5.41) is 48.3. The van der Waals surface area contributed by atoms with Gasteiger partial charge in [0.1, 0.15) is 22.8 Å². The highest BCUT2D eigenvalue weighted by Gasteiger charge is 2.63. The van der Waals surface area contributed by atoms with Gasteiger partial charge in [-0.15, -0.1) is 0 Å². The minimum atomic E-state index is -2.66. The first-order valence-corrected chi connectivity index (χ1v) is 13.9. The Kier molecular flexibility index (Phi) is 6.98. The van der Waals surface area contributed by atoms with Gasteiger partial charge in [-0.1, -0.05) is 39.0 Å². The molecule has 1 amide bonds. The second kappa shape index (κ2) is 9.99. The molecule has 2 aromatic rings. The van der Waals surface area contributed by atoms with E-state index in [4.69, 9.17) is 5.73 Å². The number of phenolic OH excluding ortho intramolecular Hbond substituents is 1. The van der Waals surface area contributed by atoms with Gasteiger partial charge >= 0.3 is 0 Å². The summed E-state index contributed by atoms with van der Waals surface area (Å²) in [6.45, 7) is 7.20. The summed E-state index contributed by atoms with van der Waals surface area (Å²) in [6, 6.07) is 9.88. The Hall–Kier alpha value is -4.15. The topological polar surface area (TPSA) is 173 Å². The van der Waals surface area contributed by atoms with E-state index in [1.54, 1.807) is 20.2 Å². The van der Waals surface area contributed by atoms with Crippen molar-refractivity contribution in [3.63, 3.8) is 0 Å². The first kappa shape index (κ1) is 29.3. The maximum Gasteiger partial charge on any atom is 0.255 e. The zero-order valence-corrected chi connectivity index (χ0v) is 24.4. The molecule has 0 heterocycles. The van der Waals surface area contributed by atoms with Gasteiger partial charge in [-0.05, 0) is 73.2 Å². The molecule has 3 aliphatic carbocycles. The molecule has 10 nitrogen and oxygen atoms in total. The Morgan fingerprint density at radius 2 is 1.71 bits per heavy atom. The summed E-state index contributed by atoms with van der Waals surface area (Å²) in [4.78, 5) is 41.0. The molecule has 0 saturated heterocycles. The van der Waals surface area contributed by atoms with Crippen LogP contribution in [0.15, 0.2) is 59.1 Å². The Bertz CT molecular complexity index is 1570. The minimum Gasteiger partial charge on any atom is -0.510 e. The lowest BCUT2D eigenvalue weighted by Gasteiger charge is -2.50. The molecule has 222 valence electrons. The molecule has 0 saturated carbocycles. The number of phenols is 1. The number of amides is 1. The summed E-state index contributed by atoms with van der Waals surface area (Å²) in [6.07, 6.45) is 0.263. The number of ketones is 2. The number of carbonyl (C=O) groups is 3. The number of anilines is 1. The maximum atomic E-state index is 13.9. The third-order valence-electron chi connectivity index (χ3n) is 8.62. The van der Waals surface area contributed by atoms with Crippen molar-refractivity contribution in [1.82, 2.24) is 4.90 Å². The van der Waals surface area contributed by atoms with Crippen LogP contribution in [0.2, 0.25) is 0 Å². The Morgan fingerprint density at radius 3 is 2.29 bits per heavy atom. The van der Waals surface area contributed by atoms with Crippen LogP contribution in [0.25, 0.3) is 11.1 Å². The van der Waals surface area contributed by atoms with E-state index in [0.29, 0.717) is 5.56 Å². The number of carbonyl (C=O) groups excluding carboxylic acids is 3. The fraction of sp³-hybridized carbons (Fsp3) is 0.406. The molecule has 0 aliphatic heterocycles. The molecular weight excluding hydrogens is 538 g/mol. The zero-order chi connectivity index (χ0) is 30.9. The highest BCUT2D eigenvalue weighted by Crippen LogP contribution is 2.53. The van der Waals surface area contributed by atoms with Crippen molar-refractivity contribution in [2.24, 2.45) is 23.0 Å². The predicted molar refractivity (Wildman–Crippen MR) is 157 cm³/mol. The van der Waals surface area contributed by atoms with Crippen LogP contribution in [0.1, 0.15) is 43.1 Å². The van der Waals surface area contributed by atoms with Crippen LogP contribution < -0.4 is 11.1 Å². The second-order valence-electron chi connectivity index (χ2n) is 12.9. The summed E-state index contributed by atoms with van der Waals surface area (Å²) < 4.78 is 0. The summed E-state index contributed by atoms with van der Waals surface area (Å²) in [7, 11) is 3.20. The van der Waals surface area contributed by atoms with Gasteiger partial charge in [0.15, 0.2) is 11.4 Å². The number of nitrogens with one attached hydrogen (secondary N) is 1. The SMILES string of the molecule is CN(C)C1C(O)=C(C(N)=O)C(=O)[C@@]2(O)C(O)=C3C(=O)c4c(O)ccc(-c5ccc(NCC(C)(C)C)cc5)c4C[C@H]3C[C@H]12. The van der Waals surface area contributed by atoms with Crippen molar-refractivity contribution >= 4 is 23.2 Å². The van der Waals surface area contributed by atoms with Crippen molar-refractivity contribution in [3.05, 3.63) is 70.2 Å². The smallest absolute Gasteiger partial charge is 0.255 e. The number of allylic oxidation sites excluding steroid dienone is 1. The summed E-state index contributed by atoms with van der Waals surface area (Å²) in [5.41, 5.74) is 4.91. The molecule has 7 N–H and O–H groups in total. The van der Waals surface area contributed by atoms with Crippen LogP contribution >= 0.6 is 0 Å². The average Bonchev–Trinajstić information content (AvgIpc) is 2.89. The van der Waals surface area contributed by atoms with Crippen LogP contribution in [0.3, 0.4) is 0 Å². The van der Waals surface area contributed by atoms with Crippen LogP contribution in [0.5, 0.6) is 5.75 Å². The maximum absolute atomic E-state index is 13.9. The van der Waals surface area contributed by atoms with E-state index in [9.17, 15) is 34.8 Å². The van der Waals surface area contributed by atoms with Gasteiger partial charge < -0.3 is 31.5 Å². The van der Waals surface area contributed by atoms with Gasteiger partial charge in [-0.3, -0.25) is 19.3 Å². The van der Waals surface area contributed by atoms with Gasteiger partial charge in [0.05, 0.1) is 11.6 Å². The molecule has 0 radical (unpaired) electrons. The number of likely N-dealkylation sites (N-methyl/N-ethyl adjacent to an activating group) is 1. The van der Waals surface area contributed by atoms with Crippen molar-refractivity contribution < 1.29 is 34.8 Å².